The molecule has 0 aliphatic heterocycles. The predicted octanol–water partition coefficient (Wildman–Crippen LogP) is 1.83. The lowest BCUT2D eigenvalue weighted by atomic mass is 10.4. The van der Waals surface area contributed by atoms with E-state index in [0.29, 0.717) is 6.54 Å². The number of carbonyl (C=O) groups is 1. The predicted molar refractivity (Wildman–Crippen MR) is 88.0 cm³/mol. The maximum atomic E-state index is 11.7. The Balaban J connectivity index is 1.58. The van der Waals surface area contributed by atoms with Crippen LogP contribution in [0.5, 0.6) is 0 Å². The van der Waals surface area contributed by atoms with Crippen molar-refractivity contribution in [1.82, 2.24) is 16.0 Å². The summed E-state index contributed by atoms with van der Waals surface area (Å²) in [4.78, 5) is 17.1. The van der Waals surface area contributed by atoms with Crippen LogP contribution < -0.4 is 16.0 Å². The molecular formula is C15H24N4OS. The van der Waals surface area contributed by atoms with Gasteiger partial charge in [-0.3, -0.25) is 9.79 Å². The molecule has 1 heterocycles. The van der Waals surface area contributed by atoms with Crippen molar-refractivity contribution in [2.24, 2.45) is 10.9 Å². The minimum absolute atomic E-state index is 0.0132. The average molecular weight is 308 g/mol. The number of hydrogen-bond donors (Lipinski definition) is 3. The number of aliphatic imine (C=N–C) groups is 1. The summed E-state index contributed by atoms with van der Waals surface area (Å²) in [5.41, 5.74) is 0. The van der Waals surface area contributed by atoms with Crippen molar-refractivity contribution in [1.29, 1.82) is 0 Å². The fourth-order valence-corrected chi connectivity index (χ4v) is 2.49. The topological polar surface area (TPSA) is 65.5 Å². The normalized spacial score (nSPS) is 14.8. The zero-order valence-electron chi connectivity index (χ0n) is 12.5. The van der Waals surface area contributed by atoms with E-state index in [1.807, 2.05) is 17.5 Å². The van der Waals surface area contributed by atoms with Gasteiger partial charge in [0.1, 0.15) is 0 Å². The first kappa shape index (κ1) is 15.8. The van der Waals surface area contributed by atoms with Gasteiger partial charge in [-0.2, -0.15) is 0 Å². The van der Waals surface area contributed by atoms with Gasteiger partial charge < -0.3 is 16.0 Å². The first-order valence-electron chi connectivity index (χ1n) is 7.63. The van der Waals surface area contributed by atoms with Gasteiger partial charge in [0.2, 0.25) is 0 Å². The summed E-state index contributed by atoms with van der Waals surface area (Å²) in [6.07, 6.45) is 3.51. The number of carbonyl (C=O) groups excluding carboxylic acids is 1. The van der Waals surface area contributed by atoms with Crippen LogP contribution in [0, 0.1) is 5.92 Å². The number of amides is 1. The number of nitrogens with one attached hydrogen (secondary N) is 3. The van der Waals surface area contributed by atoms with Crippen LogP contribution in [0.3, 0.4) is 0 Å². The van der Waals surface area contributed by atoms with E-state index < -0.39 is 0 Å². The molecule has 5 nitrogen and oxygen atoms in total. The van der Waals surface area contributed by atoms with Crippen LogP contribution in [0.25, 0.3) is 0 Å². The third-order valence-electron chi connectivity index (χ3n) is 3.23. The summed E-state index contributed by atoms with van der Waals surface area (Å²) >= 11 is 1.46. The molecule has 0 unspecified atom stereocenters. The van der Waals surface area contributed by atoms with Gasteiger partial charge in [0, 0.05) is 26.2 Å². The highest BCUT2D eigenvalue weighted by Gasteiger charge is 2.20. The first-order chi connectivity index (χ1) is 10.3. The zero-order valence-corrected chi connectivity index (χ0v) is 13.3. The Kier molecular flexibility index (Phi) is 6.53. The number of rotatable bonds is 8. The number of nitrogens with zero attached hydrogens (tertiary/aromatic N) is 1. The van der Waals surface area contributed by atoms with Crippen molar-refractivity contribution in [3.8, 4) is 0 Å². The molecule has 1 aliphatic carbocycles. The maximum Gasteiger partial charge on any atom is 0.261 e. The Morgan fingerprint density at radius 2 is 2.14 bits per heavy atom. The van der Waals surface area contributed by atoms with Crippen LogP contribution in [-0.2, 0) is 0 Å². The summed E-state index contributed by atoms with van der Waals surface area (Å²) in [6.45, 7) is 5.33. The molecule has 1 aliphatic rings. The molecule has 3 N–H and O–H groups in total. The lowest BCUT2D eigenvalue weighted by Gasteiger charge is -2.11. The van der Waals surface area contributed by atoms with E-state index in [4.69, 9.17) is 0 Å². The Morgan fingerprint density at radius 1 is 1.33 bits per heavy atom. The molecule has 0 spiro atoms. The second-order valence-corrected chi connectivity index (χ2v) is 6.12. The molecule has 0 radical (unpaired) electrons. The van der Waals surface area contributed by atoms with Gasteiger partial charge in [-0.1, -0.05) is 6.07 Å². The van der Waals surface area contributed by atoms with Crippen molar-refractivity contribution in [2.75, 3.05) is 26.2 Å². The van der Waals surface area contributed by atoms with Crippen LogP contribution in [0.4, 0.5) is 0 Å². The Labute approximate surface area is 130 Å². The molecule has 1 saturated carbocycles. The molecular weight excluding hydrogens is 284 g/mol. The van der Waals surface area contributed by atoms with E-state index in [2.05, 4.69) is 27.9 Å². The number of hydrogen-bond acceptors (Lipinski definition) is 3. The highest BCUT2D eigenvalue weighted by molar-refractivity contribution is 7.12. The molecule has 1 aromatic rings. The van der Waals surface area contributed by atoms with E-state index >= 15 is 0 Å². The monoisotopic (exact) mass is 308 g/mol. The molecule has 1 fully saturated rings. The molecule has 2 rings (SSSR count). The highest BCUT2D eigenvalue weighted by atomic mass is 32.1. The molecule has 21 heavy (non-hydrogen) atoms. The summed E-state index contributed by atoms with van der Waals surface area (Å²) in [6, 6.07) is 3.73. The van der Waals surface area contributed by atoms with Crippen molar-refractivity contribution in [3.05, 3.63) is 22.4 Å². The minimum atomic E-state index is 0.0132. The molecule has 0 aromatic carbocycles. The van der Waals surface area contributed by atoms with Crippen LogP contribution in [-0.4, -0.2) is 38.0 Å². The molecule has 116 valence electrons. The summed E-state index contributed by atoms with van der Waals surface area (Å²) in [7, 11) is 0. The van der Waals surface area contributed by atoms with Gasteiger partial charge in [-0.25, -0.2) is 0 Å². The Morgan fingerprint density at radius 3 is 2.81 bits per heavy atom. The maximum absolute atomic E-state index is 11.7. The molecule has 1 aromatic heterocycles. The van der Waals surface area contributed by atoms with E-state index in [0.717, 1.165) is 42.8 Å². The quantitative estimate of drug-likeness (QED) is 0.390. The molecule has 0 bridgehead atoms. The largest absolute Gasteiger partial charge is 0.357 e. The second-order valence-electron chi connectivity index (χ2n) is 5.18. The first-order valence-corrected chi connectivity index (χ1v) is 8.51. The highest BCUT2D eigenvalue weighted by Crippen LogP contribution is 2.28. The third kappa shape index (κ3) is 6.16. The summed E-state index contributed by atoms with van der Waals surface area (Å²) in [5.74, 6) is 1.69. The van der Waals surface area contributed by atoms with Crippen molar-refractivity contribution in [3.63, 3.8) is 0 Å². The van der Waals surface area contributed by atoms with Crippen molar-refractivity contribution < 1.29 is 4.79 Å². The molecule has 1 amide bonds. The fourth-order valence-electron chi connectivity index (χ4n) is 1.85. The van der Waals surface area contributed by atoms with Gasteiger partial charge >= 0.3 is 0 Å². The van der Waals surface area contributed by atoms with Gasteiger partial charge in [0.05, 0.1) is 4.88 Å². The summed E-state index contributed by atoms with van der Waals surface area (Å²) < 4.78 is 0. The summed E-state index contributed by atoms with van der Waals surface area (Å²) in [5, 5.41) is 11.4. The van der Waals surface area contributed by atoms with Gasteiger partial charge in [0.15, 0.2) is 5.96 Å². The van der Waals surface area contributed by atoms with Crippen LogP contribution >= 0.6 is 11.3 Å². The fraction of sp³-hybridized carbons (Fsp3) is 0.600. The lowest BCUT2D eigenvalue weighted by molar-refractivity contribution is 0.0957. The van der Waals surface area contributed by atoms with Gasteiger partial charge in [-0.05, 0) is 43.6 Å². The van der Waals surface area contributed by atoms with Gasteiger partial charge in [-0.15, -0.1) is 11.3 Å². The Bertz CT molecular complexity index is 454. The van der Waals surface area contributed by atoms with Crippen LogP contribution in [0.15, 0.2) is 22.5 Å². The van der Waals surface area contributed by atoms with E-state index in [-0.39, 0.29) is 5.91 Å². The van der Waals surface area contributed by atoms with Crippen molar-refractivity contribution in [2.45, 2.75) is 26.2 Å². The van der Waals surface area contributed by atoms with Crippen LogP contribution in [0.2, 0.25) is 0 Å². The number of thiophene rings is 1. The smallest absolute Gasteiger partial charge is 0.261 e. The lowest BCUT2D eigenvalue weighted by Crippen LogP contribution is -2.39. The Hall–Kier alpha value is -1.56. The average Bonchev–Trinajstić information content (AvgIpc) is 3.15. The molecule has 6 heteroatoms. The zero-order chi connectivity index (χ0) is 14.9. The number of guanidine groups is 1. The van der Waals surface area contributed by atoms with E-state index in [9.17, 15) is 4.79 Å². The third-order valence-corrected chi connectivity index (χ3v) is 4.09. The van der Waals surface area contributed by atoms with Gasteiger partial charge in [0.25, 0.3) is 5.91 Å². The second kappa shape index (κ2) is 8.67. The standard InChI is InChI=1S/C15H24N4OS/c1-2-16-15(19-11-12-6-7-12)18-9-4-8-17-14(20)13-5-3-10-21-13/h3,5,10,12H,2,4,6-9,11H2,1H3,(H,17,20)(H2,16,18,19). The minimum Gasteiger partial charge on any atom is -0.357 e. The molecule has 0 atom stereocenters. The van der Waals surface area contributed by atoms with E-state index in [1.165, 1.54) is 24.2 Å². The van der Waals surface area contributed by atoms with Crippen molar-refractivity contribution >= 4 is 23.2 Å². The SMILES string of the molecule is CCNC(=NCC1CC1)NCCCNC(=O)c1cccs1. The molecule has 0 saturated heterocycles. The van der Waals surface area contributed by atoms with E-state index in [1.54, 1.807) is 0 Å². The van der Waals surface area contributed by atoms with Crippen LogP contribution in [0.1, 0.15) is 35.9 Å².